The zero-order valence-electron chi connectivity index (χ0n) is 12.0. The van der Waals surface area contributed by atoms with E-state index in [9.17, 15) is 0 Å². The SMILES string of the molecule is COCc1ccccc1CNc1cccc2ccncc12. The molecule has 0 aliphatic heterocycles. The molecule has 0 amide bonds. The van der Waals surface area contributed by atoms with Crippen molar-refractivity contribution in [3.63, 3.8) is 0 Å². The summed E-state index contributed by atoms with van der Waals surface area (Å²) in [6, 6.07) is 16.6. The Kier molecular flexibility index (Phi) is 4.12. The van der Waals surface area contributed by atoms with Gasteiger partial charge in [-0.1, -0.05) is 36.4 Å². The van der Waals surface area contributed by atoms with E-state index in [-0.39, 0.29) is 0 Å². The number of aromatic nitrogens is 1. The Labute approximate surface area is 124 Å². The van der Waals surface area contributed by atoms with E-state index in [1.54, 1.807) is 7.11 Å². The maximum Gasteiger partial charge on any atom is 0.0716 e. The topological polar surface area (TPSA) is 34.1 Å². The Morgan fingerprint density at radius 2 is 1.86 bits per heavy atom. The molecule has 2 aromatic carbocycles. The van der Waals surface area contributed by atoms with E-state index in [0.717, 1.165) is 17.6 Å². The van der Waals surface area contributed by atoms with Crippen molar-refractivity contribution in [3.8, 4) is 0 Å². The van der Waals surface area contributed by atoms with Crippen LogP contribution in [-0.2, 0) is 17.9 Å². The number of nitrogens with zero attached hydrogens (tertiary/aromatic N) is 1. The van der Waals surface area contributed by atoms with E-state index in [4.69, 9.17) is 4.74 Å². The lowest BCUT2D eigenvalue weighted by Gasteiger charge is -2.12. The molecule has 3 aromatic rings. The Balaban J connectivity index is 1.84. The standard InChI is InChI=1S/C18H18N2O/c1-21-13-16-6-3-2-5-15(16)11-20-18-8-4-7-14-9-10-19-12-17(14)18/h2-10,12,20H,11,13H2,1H3. The number of hydrogen-bond acceptors (Lipinski definition) is 3. The number of methoxy groups -OCH3 is 1. The van der Waals surface area contributed by atoms with Gasteiger partial charge in [-0.05, 0) is 28.6 Å². The van der Waals surface area contributed by atoms with Crippen LogP contribution in [0.5, 0.6) is 0 Å². The minimum Gasteiger partial charge on any atom is -0.380 e. The van der Waals surface area contributed by atoms with E-state index in [1.165, 1.54) is 16.5 Å². The highest BCUT2D eigenvalue weighted by Crippen LogP contribution is 2.23. The molecule has 0 spiro atoms. The number of ether oxygens (including phenoxy) is 1. The number of fused-ring (bicyclic) bond motifs is 1. The highest BCUT2D eigenvalue weighted by molar-refractivity contribution is 5.93. The molecule has 0 saturated heterocycles. The van der Waals surface area contributed by atoms with Crippen molar-refractivity contribution in [2.45, 2.75) is 13.2 Å². The highest BCUT2D eigenvalue weighted by Gasteiger charge is 2.03. The quantitative estimate of drug-likeness (QED) is 0.766. The van der Waals surface area contributed by atoms with Gasteiger partial charge in [-0.2, -0.15) is 0 Å². The van der Waals surface area contributed by atoms with E-state index >= 15 is 0 Å². The molecule has 106 valence electrons. The van der Waals surface area contributed by atoms with Crippen molar-refractivity contribution in [2.24, 2.45) is 0 Å². The molecule has 0 bridgehead atoms. The average Bonchev–Trinajstić information content (AvgIpc) is 2.54. The molecule has 1 heterocycles. The van der Waals surface area contributed by atoms with Crippen LogP contribution in [0.1, 0.15) is 11.1 Å². The van der Waals surface area contributed by atoms with Crippen molar-refractivity contribution in [3.05, 3.63) is 72.1 Å². The van der Waals surface area contributed by atoms with E-state index in [2.05, 4.69) is 46.7 Å². The van der Waals surface area contributed by atoms with Gasteiger partial charge in [0.25, 0.3) is 0 Å². The Morgan fingerprint density at radius 1 is 1.00 bits per heavy atom. The minimum atomic E-state index is 0.634. The van der Waals surface area contributed by atoms with Gasteiger partial charge < -0.3 is 10.1 Å². The molecule has 0 radical (unpaired) electrons. The van der Waals surface area contributed by atoms with Crippen LogP contribution >= 0.6 is 0 Å². The van der Waals surface area contributed by atoms with Crippen LogP contribution in [0, 0.1) is 0 Å². The summed E-state index contributed by atoms with van der Waals surface area (Å²) in [7, 11) is 1.72. The van der Waals surface area contributed by atoms with E-state index < -0.39 is 0 Å². The summed E-state index contributed by atoms with van der Waals surface area (Å²) in [5, 5.41) is 5.84. The fourth-order valence-electron chi connectivity index (χ4n) is 2.48. The summed E-state index contributed by atoms with van der Waals surface area (Å²) in [6.07, 6.45) is 3.72. The summed E-state index contributed by atoms with van der Waals surface area (Å²) in [5.74, 6) is 0. The minimum absolute atomic E-state index is 0.634. The molecule has 21 heavy (non-hydrogen) atoms. The zero-order chi connectivity index (χ0) is 14.5. The smallest absolute Gasteiger partial charge is 0.0716 e. The van der Waals surface area contributed by atoms with Gasteiger partial charge in [0.05, 0.1) is 6.61 Å². The first-order valence-electron chi connectivity index (χ1n) is 7.01. The maximum atomic E-state index is 5.25. The largest absolute Gasteiger partial charge is 0.380 e. The highest BCUT2D eigenvalue weighted by atomic mass is 16.5. The van der Waals surface area contributed by atoms with Gasteiger partial charge in [0.2, 0.25) is 0 Å². The van der Waals surface area contributed by atoms with Gasteiger partial charge in [-0.3, -0.25) is 4.98 Å². The average molecular weight is 278 g/mol. The lowest BCUT2D eigenvalue weighted by atomic mass is 10.1. The molecular formula is C18H18N2O. The molecule has 0 unspecified atom stereocenters. The number of hydrogen-bond donors (Lipinski definition) is 1. The molecule has 3 heteroatoms. The van der Waals surface area contributed by atoms with Gasteiger partial charge in [0, 0.05) is 37.1 Å². The van der Waals surface area contributed by atoms with Gasteiger partial charge >= 0.3 is 0 Å². The van der Waals surface area contributed by atoms with Crippen LogP contribution in [0.2, 0.25) is 0 Å². The van der Waals surface area contributed by atoms with Crippen LogP contribution < -0.4 is 5.32 Å². The summed E-state index contributed by atoms with van der Waals surface area (Å²) >= 11 is 0. The molecular weight excluding hydrogens is 260 g/mol. The molecule has 3 nitrogen and oxygen atoms in total. The summed E-state index contributed by atoms with van der Waals surface area (Å²) in [5.41, 5.74) is 3.57. The molecule has 3 rings (SSSR count). The number of pyridine rings is 1. The fourth-order valence-corrected chi connectivity index (χ4v) is 2.48. The lowest BCUT2D eigenvalue weighted by Crippen LogP contribution is -2.04. The molecule has 0 saturated carbocycles. The first-order chi connectivity index (χ1) is 10.4. The van der Waals surface area contributed by atoms with E-state index in [0.29, 0.717) is 6.61 Å². The Morgan fingerprint density at radius 3 is 2.71 bits per heavy atom. The zero-order valence-corrected chi connectivity index (χ0v) is 12.0. The summed E-state index contributed by atoms with van der Waals surface area (Å²) < 4.78 is 5.25. The third-order valence-electron chi connectivity index (χ3n) is 3.57. The van der Waals surface area contributed by atoms with Gasteiger partial charge in [0.15, 0.2) is 0 Å². The number of nitrogens with one attached hydrogen (secondary N) is 1. The van der Waals surface area contributed by atoms with Gasteiger partial charge in [0.1, 0.15) is 0 Å². The predicted octanol–water partition coefficient (Wildman–Crippen LogP) is 3.99. The van der Waals surface area contributed by atoms with Crippen LogP contribution in [0.3, 0.4) is 0 Å². The van der Waals surface area contributed by atoms with Gasteiger partial charge in [-0.15, -0.1) is 0 Å². The number of anilines is 1. The van der Waals surface area contributed by atoms with Crippen molar-refractivity contribution in [1.29, 1.82) is 0 Å². The van der Waals surface area contributed by atoms with Crippen LogP contribution in [0.4, 0.5) is 5.69 Å². The second-order valence-electron chi connectivity index (χ2n) is 4.96. The van der Waals surface area contributed by atoms with Crippen LogP contribution in [0.15, 0.2) is 60.9 Å². The summed E-state index contributed by atoms with van der Waals surface area (Å²) in [6.45, 7) is 1.41. The van der Waals surface area contributed by atoms with Crippen molar-refractivity contribution < 1.29 is 4.74 Å². The second kappa shape index (κ2) is 6.37. The molecule has 0 atom stereocenters. The van der Waals surface area contributed by atoms with Gasteiger partial charge in [-0.25, -0.2) is 0 Å². The second-order valence-corrected chi connectivity index (χ2v) is 4.96. The van der Waals surface area contributed by atoms with Crippen molar-refractivity contribution in [2.75, 3.05) is 12.4 Å². The monoisotopic (exact) mass is 278 g/mol. The number of rotatable bonds is 5. The van der Waals surface area contributed by atoms with Crippen molar-refractivity contribution in [1.82, 2.24) is 4.98 Å². The summed E-state index contributed by atoms with van der Waals surface area (Å²) in [4.78, 5) is 4.22. The Bertz CT molecular complexity index is 735. The normalized spacial score (nSPS) is 10.7. The van der Waals surface area contributed by atoms with Crippen LogP contribution in [0.25, 0.3) is 10.8 Å². The molecule has 0 fully saturated rings. The third kappa shape index (κ3) is 3.03. The fraction of sp³-hybridized carbons (Fsp3) is 0.167. The molecule has 0 aliphatic carbocycles. The van der Waals surface area contributed by atoms with E-state index in [1.807, 2.05) is 24.5 Å². The first kappa shape index (κ1) is 13.6. The molecule has 1 aromatic heterocycles. The molecule has 1 N–H and O–H groups in total. The molecule has 0 aliphatic rings. The predicted molar refractivity (Wildman–Crippen MR) is 86.2 cm³/mol. The van der Waals surface area contributed by atoms with Crippen LogP contribution in [-0.4, -0.2) is 12.1 Å². The third-order valence-corrected chi connectivity index (χ3v) is 3.57. The lowest BCUT2D eigenvalue weighted by molar-refractivity contribution is 0.184. The first-order valence-corrected chi connectivity index (χ1v) is 7.01. The van der Waals surface area contributed by atoms with Crippen molar-refractivity contribution >= 4 is 16.5 Å². The Hall–Kier alpha value is -2.39. The maximum absolute atomic E-state index is 5.25. The number of benzene rings is 2.